The van der Waals surface area contributed by atoms with Gasteiger partial charge in [0, 0.05) is 20.0 Å². The molecule has 1 heterocycles. The van der Waals surface area contributed by atoms with Gasteiger partial charge in [0.05, 0.1) is 0 Å². The summed E-state index contributed by atoms with van der Waals surface area (Å²) in [4.78, 5) is 13.7. The Morgan fingerprint density at radius 1 is 1.38 bits per heavy atom. The lowest BCUT2D eigenvalue weighted by atomic mass is 9.96. The highest BCUT2D eigenvalue weighted by molar-refractivity contribution is 5.85. The summed E-state index contributed by atoms with van der Waals surface area (Å²) >= 11 is 0. The number of hydrogen-bond donors (Lipinski definition) is 1. The molecule has 0 spiro atoms. The van der Waals surface area contributed by atoms with Crippen LogP contribution in [-0.4, -0.2) is 37.5 Å². The summed E-state index contributed by atoms with van der Waals surface area (Å²) in [6.07, 6.45) is 5.38. The molecule has 0 radical (unpaired) electrons. The van der Waals surface area contributed by atoms with Crippen molar-refractivity contribution < 1.29 is 4.79 Å². The first kappa shape index (κ1) is 15.7. The molecule has 1 unspecified atom stereocenters. The Hall–Kier alpha value is -0.280. The van der Waals surface area contributed by atoms with Gasteiger partial charge in [-0.25, -0.2) is 0 Å². The number of carbonyl (C=O) groups excluding carboxylic acids is 1. The minimum Gasteiger partial charge on any atom is -0.346 e. The fourth-order valence-corrected chi connectivity index (χ4v) is 2.16. The van der Waals surface area contributed by atoms with E-state index in [1.807, 2.05) is 11.9 Å². The summed E-state index contributed by atoms with van der Waals surface area (Å²) in [7, 11) is 1.92. The van der Waals surface area contributed by atoms with Crippen LogP contribution < -0.4 is 5.32 Å². The topological polar surface area (TPSA) is 32.3 Å². The molecule has 0 aromatic rings. The Kier molecular flexibility index (Phi) is 8.67. The van der Waals surface area contributed by atoms with Crippen LogP contribution in [-0.2, 0) is 4.79 Å². The van der Waals surface area contributed by atoms with Gasteiger partial charge in [0.1, 0.15) is 0 Å². The zero-order valence-corrected chi connectivity index (χ0v) is 11.3. The smallest absolute Gasteiger partial charge is 0.222 e. The van der Waals surface area contributed by atoms with Crippen molar-refractivity contribution in [2.24, 2.45) is 5.92 Å². The summed E-state index contributed by atoms with van der Waals surface area (Å²) in [6, 6.07) is 0. The second-order valence-electron chi connectivity index (χ2n) is 4.57. The Labute approximate surface area is 105 Å². The second kappa shape index (κ2) is 8.82. The lowest BCUT2D eigenvalue weighted by Gasteiger charge is -2.19. The Balaban J connectivity index is 0.00000225. The van der Waals surface area contributed by atoms with Crippen LogP contribution in [0.15, 0.2) is 0 Å². The van der Waals surface area contributed by atoms with Gasteiger partial charge in [0.25, 0.3) is 0 Å². The van der Waals surface area contributed by atoms with Crippen molar-refractivity contribution in [1.82, 2.24) is 10.2 Å². The van der Waals surface area contributed by atoms with Crippen LogP contribution in [0, 0.1) is 5.92 Å². The number of hydrogen-bond acceptors (Lipinski definition) is 2. The summed E-state index contributed by atoms with van der Waals surface area (Å²) in [5.41, 5.74) is 0. The number of rotatable bonds is 4. The van der Waals surface area contributed by atoms with Crippen LogP contribution in [0.3, 0.4) is 0 Å². The zero-order chi connectivity index (χ0) is 11.1. The van der Waals surface area contributed by atoms with Gasteiger partial charge >= 0.3 is 0 Å². The molecule has 16 heavy (non-hydrogen) atoms. The zero-order valence-electron chi connectivity index (χ0n) is 10.5. The van der Waals surface area contributed by atoms with Gasteiger partial charge in [-0.1, -0.05) is 6.92 Å². The third kappa shape index (κ3) is 5.71. The molecule has 3 nitrogen and oxygen atoms in total. The number of carbonyl (C=O) groups is 1. The van der Waals surface area contributed by atoms with Crippen molar-refractivity contribution >= 4 is 18.3 Å². The van der Waals surface area contributed by atoms with E-state index in [9.17, 15) is 4.79 Å². The molecule has 0 aromatic carbocycles. The van der Waals surface area contributed by atoms with Gasteiger partial charge in [0.15, 0.2) is 0 Å². The molecule has 1 fully saturated rings. The molecule has 1 aliphatic heterocycles. The quantitative estimate of drug-likeness (QED) is 0.826. The van der Waals surface area contributed by atoms with E-state index in [-0.39, 0.29) is 12.4 Å². The first-order chi connectivity index (χ1) is 7.24. The Bertz CT molecular complexity index is 191. The summed E-state index contributed by atoms with van der Waals surface area (Å²) < 4.78 is 0. The molecular weight excluding hydrogens is 224 g/mol. The van der Waals surface area contributed by atoms with Gasteiger partial charge in [-0.3, -0.25) is 4.79 Å². The maximum absolute atomic E-state index is 11.8. The van der Waals surface area contributed by atoms with Crippen LogP contribution in [0.1, 0.15) is 39.0 Å². The molecule has 1 aliphatic rings. The minimum atomic E-state index is 0. The van der Waals surface area contributed by atoms with Gasteiger partial charge in [-0.15, -0.1) is 12.4 Å². The van der Waals surface area contributed by atoms with E-state index in [4.69, 9.17) is 0 Å². The average molecular weight is 249 g/mol. The molecule has 0 aromatic heterocycles. The maximum atomic E-state index is 11.8. The maximum Gasteiger partial charge on any atom is 0.222 e. The van der Waals surface area contributed by atoms with Crippen LogP contribution >= 0.6 is 12.4 Å². The Morgan fingerprint density at radius 2 is 2.12 bits per heavy atom. The van der Waals surface area contributed by atoms with Crippen molar-refractivity contribution in [2.75, 3.05) is 26.7 Å². The molecule has 1 amide bonds. The van der Waals surface area contributed by atoms with Crippen molar-refractivity contribution in [3.8, 4) is 0 Å². The lowest BCUT2D eigenvalue weighted by Crippen LogP contribution is -2.29. The van der Waals surface area contributed by atoms with Gasteiger partial charge in [-0.05, 0) is 44.7 Å². The molecule has 1 rings (SSSR count). The fraction of sp³-hybridized carbons (Fsp3) is 0.917. The van der Waals surface area contributed by atoms with Crippen LogP contribution in [0.25, 0.3) is 0 Å². The third-order valence-corrected chi connectivity index (χ3v) is 3.14. The van der Waals surface area contributed by atoms with Gasteiger partial charge in [-0.2, -0.15) is 0 Å². The summed E-state index contributed by atoms with van der Waals surface area (Å²) in [5, 5.41) is 3.38. The first-order valence-corrected chi connectivity index (χ1v) is 6.18. The highest BCUT2D eigenvalue weighted by Crippen LogP contribution is 2.18. The molecule has 1 atom stereocenters. The van der Waals surface area contributed by atoms with E-state index in [1.165, 1.54) is 12.8 Å². The molecule has 0 saturated carbocycles. The standard InChI is InChI=1S/C12H24N2O.ClH/c1-3-9-14(2)12(15)10-11-5-4-7-13-8-6-11;/h11,13H,3-10H2,1-2H3;1H. The number of amides is 1. The number of nitrogens with one attached hydrogen (secondary N) is 1. The number of halogens is 1. The SMILES string of the molecule is CCCN(C)C(=O)CC1CCCNCC1.Cl. The molecule has 0 bridgehead atoms. The first-order valence-electron chi connectivity index (χ1n) is 6.18. The third-order valence-electron chi connectivity index (χ3n) is 3.14. The van der Waals surface area contributed by atoms with E-state index in [0.717, 1.165) is 38.9 Å². The van der Waals surface area contributed by atoms with E-state index in [0.29, 0.717) is 11.8 Å². The lowest BCUT2D eigenvalue weighted by molar-refractivity contribution is -0.131. The van der Waals surface area contributed by atoms with E-state index in [2.05, 4.69) is 12.2 Å². The molecule has 96 valence electrons. The molecular formula is C12H25ClN2O. The molecule has 4 heteroatoms. The summed E-state index contributed by atoms with van der Waals surface area (Å²) in [5.74, 6) is 0.926. The summed E-state index contributed by atoms with van der Waals surface area (Å²) in [6.45, 7) is 5.20. The van der Waals surface area contributed by atoms with Crippen LogP contribution in [0.4, 0.5) is 0 Å². The minimum absolute atomic E-state index is 0. The normalized spacial score (nSPS) is 20.8. The Morgan fingerprint density at radius 3 is 2.81 bits per heavy atom. The average Bonchev–Trinajstić information content (AvgIpc) is 2.46. The van der Waals surface area contributed by atoms with Gasteiger partial charge < -0.3 is 10.2 Å². The van der Waals surface area contributed by atoms with E-state index < -0.39 is 0 Å². The van der Waals surface area contributed by atoms with Gasteiger partial charge in [0.2, 0.25) is 5.91 Å². The molecule has 1 saturated heterocycles. The van der Waals surface area contributed by atoms with Crippen molar-refractivity contribution in [3.63, 3.8) is 0 Å². The van der Waals surface area contributed by atoms with Crippen molar-refractivity contribution in [2.45, 2.75) is 39.0 Å². The fourth-order valence-electron chi connectivity index (χ4n) is 2.16. The molecule has 0 aliphatic carbocycles. The van der Waals surface area contributed by atoms with E-state index in [1.54, 1.807) is 0 Å². The largest absolute Gasteiger partial charge is 0.346 e. The predicted molar refractivity (Wildman–Crippen MR) is 70.0 cm³/mol. The van der Waals surface area contributed by atoms with Crippen LogP contribution in [0.5, 0.6) is 0 Å². The predicted octanol–water partition coefficient (Wildman–Crippen LogP) is 2.06. The number of nitrogens with zero attached hydrogens (tertiary/aromatic N) is 1. The van der Waals surface area contributed by atoms with E-state index >= 15 is 0 Å². The van der Waals surface area contributed by atoms with Crippen LogP contribution in [0.2, 0.25) is 0 Å². The van der Waals surface area contributed by atoms with Crippen molar-refractivity contribution in [1.29, 1.82) is 0 Å². The monoisotopic (exact) mass is 248 g/mol. The highest BCUT2D eigenvalue weighted by atomic mass is 35.5. The van der Waals surface area contributed by atoms with Crippen molar-refractivity contribution in [3.05, 3.63) is 0 Å². The highest BCUT2D eigenvalue weighted by Gasteiger charge is 2.17. The molecule has 1 N–H and O–H groups in total. The second-order valence-corrected chi connectivity index (χ2v) is 4.57.